The van der Waals surface area contributed by atoms with Crippen molar-refractivity contribution in [2.24, 2.45) is 5.92 Å². The minimum absolute atomic E-state index is 0.00286. The van der Waals surface area contributed by atoms with Crippen molar-refractivity contribution in [2.45, 2.75) is 68.2 Å². The van der Waals surface area contributed by atoms with Crippen LogP contribution < -0.4 is 5.32 Å². The Labute approximate surface area is 144 Å². The molecule has 0 bridgehead atoms. The number of aromatic nitrogens is 4. The SMILES string of the molecule is CC1(C)S[C@H]2C(NC(=O)CC3CCCC3)C(=O)N2C1c1nnn[nH]1. The van der Waals surface area contributed by atoms with Crippen LogP contribution in [-0.2, 0) is 9.59 Å². The van der Waals surface area contributed by atoms with E-state index in [9.17, 15) is 9.59 Å². The van der Waals surface area contributed by atoms with Gasteiger partial charge in [0.25, 0.3) is 0 Å². The topological polar surface area (TPSA) is 104 Å². The number of hydrogen-bond donors (Lipinski definition) is 2. The van der Waals surface area contributed by atoms with Crippen LogP contribution in [0.15, 0.2) is 0 Å². The van der Waals surface area contributed by atoms with Gasteiger partial charge in [0, 0.05) is 11.2 Å². The van der Waals surface area contributed by atoms with Crippen molar-refractivity contribution >= 4 is 23.6 Å². The molecule has 0 spiro atoms. The Morgan fingerprint density at radius 3 is 2.83 bits per heavy atom. The molecule has 4 rings (SSSR count). The summed E-state index contributed by atoms with van der Waals surface area (Å²) in [4.78, 5) is 26.7. The van der Waals surface area contributed by atoms with Crippen LogP contribution in [0.4, 0.5) is 0 Å². The number of carbonyl (C=O) groups excluding carboxylic acids is 2. The first-order valence-corrected chi connectivity index (χ1v) is 9.38. The van der Waals surface area contributed by atoms with Crippen molar-refractivity contribution in [3.63, 3.8) is 0 Å². The highest BCUT2D eigenvalue weighted by Gasteiger charge is 2.63. The molecule has 24 heavy (non-hydrogen) atoms. The molecular weight excluding hydrogens is 328 g/mol. The first-order valence-electron chi connectivity index (χ1n) is 8.50. The van der Waals surface area contributed by atoms with Gasteiger partial charge in [0.1, 0.15) is 17.5 Å². The predicted molar refractivity (Wildman–Crippen MR) is 87.7 cm³/mol. The Bertz CT molecular complexity index is 642. The molecule has 1 saturated carbocycles. The lowest BCUT2D eigenvalue weighted by Crippen LogP contribution is -2.67. The fourth-order valence-electron chi connectivity index (χ4n) is 4.18. The maximum absolute atomic E-state index is 12.6. The molecule has 130 valence electrons. The lowest BCUT2D eigenvalue weighted by molar-refractivity contribution is -0.151. The molecule has 3 heterocycles. The molecule has 2 N–H and O–H groups in total. The van der Waals surface area contributed by atoms with Crippen LogP contribution in [0.1, 0.15) is 57.8 Å². The molecule has 2 aliphatic heterocycles. The summed E-state index contributed by atoms with van der Waals surface area (Å²) in [5.41, 5.74) is 0. The summed E-state index contributed by atoms with van der Waals surface area (Å²) in [5.74, 6) is 1.04. The van der Waals surface area contributed by atoms with E-state index >= 15 is 0 Å². The van der Waals surface area contributed by atoms with E-state index in [-0.39, 0.29) is 28.0 Å². The summed E-state index contributed by atoms with van der Waals surface area (Å²) < 4.78 is -0.216. The first-order chi connectivity index (χ1) is 11.5. The second-order valence-corrected chi connectivity index (χ2v) is 9.22. The minimum Gasteiger partial charge on any atom is -0.342 e. The molecule has 3 fully saturated rings. The molecule has 1 aromatic rings. The molecule has 8 nitrogen and oxygen atoms in total. The number of hydrogen-bond acceptors (Lipinski definition) is 6. The van der Waals surface area contributed by atoms with Crippen molar-refractivity contribution in [1.82, 2.24) is 30.8 Å². The van der Waals surface area contributed by atoms with Crippen LogP contribution >= 0.6 is 11.8 Å². The minimum atomic E-state index is -0.427. The van der Waals surface area contributed by atoms with Crippen LogP contribution in [0, 0.1) is 5.92 Å². The van der Waals surface area contributed by atoms with Gasteiger partial charge in [-0.15, -0.1) is 16.9 Å². The molecule has 3 aliphatic rings. The number of amides is 2. The van der Waals surface area contributed by atoms with Crippen molar-refractivity contribution in [3.05, 3.63) is 5.82 Å². The van der Waals surface area contributed by atoms with Gasteiger partial charge in [-0.05, 0) is 43.0 Å². The number of H-pyrrole nitrogens is 1. The van der Waals surface area contributed by atoms with Gasteiger partial charge in [0.05, 0.1) is 0 Å². The number of rotatable bonds is 4. The van der Waals surface area contributed by atoms with E-state index in [1.54, 1.807) is 16.7 Å². The Hall–Kier alpha value is -1.64. The van der Waals surface area contributed by atoms with Crippen molar-refractivity contribution < 1.29 is 9.59 Å². The Balaban J connectivity index is 1.44. The second kappa shape index (κ2) is 5.72. The van der Waals surface area contributed by atoms with E-state index in [4.69, 9.17) is 0 Å². The maximum atomic E-state index is 12.6. The van der Waals surface area contributed by atoms with Gasteiger partial charge in [-0.2, -0.15) is 0 Å². The summed E-state index contributed by atoms with van der Waals surface area (Å²) in [6, 6.07) is -0.623. The number of carbonyl (C=O) groups is 2. The third-order valence-electron chi connectivity index (χ3n) is 5.33. The Morgan fingerprint density at radius 1 is 1.42 bits per heavy atom. The molecule has 1 aliphatic carbocycles. The molecule has 9 heteroatoms. The van der Waals surface area contributed by atoms with Gasteiger partial charge < -0.3 is 10.2 Å². The van der Waals surface area contributed by atoms with Crippen LogP contribution in [0.2, 0.25) is 0 Å². The first kappa shape index (κ1) is 15.9. The van der Waals surface area contributed by atoms with E-state index in [2.05, 4.69) is 39.8 Å². The summed E-state index contributed by atoms with van der Waals surface area (Å²) >= 11 is 1.70. The summed E-state index contributed by atoms with van der Waals surface area (Å²) in [6.45, 7) is 4.15. The largest absolute Gasteiger partial charge is 0.342 e. The van der Waals surface area contributed by atoms with E-state index in [1.165, 1.54) is 12.8 Å². The number of aromatic amines is 1. The number of thioether (sulfide) groups is 1. The Kier molecular flexibility index (Phi) is 3.78. The second-order valence-electron chi connectivity index (χ2n) is 7.45. The third kappa shape index (κ3) is 2.49. The average Bonchev–Trinajstić information content (AvgIpc) is 3.24. The summed E-state index contributed by atoms with van der Waals surface area (Å²) in [5, 5.41) is 16.9. The fraction of sp³-hybridized carbons (Fsp3) is 0.800. The lowest BCUT2D eigenvalue weighted by Gasteiger charge is -2.44. The van der Waals surface area contributed by atoms with E-state index < -0.39 is 6.04 Å². The fourth-order valence-corrected chi connectivity index (χ4v) is 5.82. The smallest absolute Gasteiger partial charge is 0.249 e. The molecule has 2 saturated heterocycles. The molecular formula is C15H22N6O2S. The number of β-lactam (4-membered cyclic amide) rings is 1. The van der Waals surface area contributed by atoms with Crippen LogP contribution in [0.5, 0.6) is 0 Å². The van der Waals surface area contributed by atoms with Gasteiger partial charge in [-0.25, -0.2) is 5.10 Å². The quantitative estimate of drug-likeness (QED) is 0.785. The maximum Gasteiger partial charge on any atom is 0.249 e. The van der Waals surface area contributed by atoms with Gasteiger partial charge in [-0.1, -0.05) is 12.8 Å². The summed E-state index contributed by atoms with van der Waals surface area (Å²) in [7, 11) is 0. The zero-order valence-corrected chi connectivity index (χ0v) is 14.7. The highest BCUT2D eigenvalue weighted by molar-refractivity contribution is 8.01. The highest BCUT2D eigenvalue weighted by Crippen LogP contribution is 2.56. The number of tetrazole rings is 1. The van der Waals surface area contributed by atoms with Gasteiger partial charge in [-0.3, -0.25) is 9.59 Å². The third-order valence-corrected chi connectivity index (χ3v) is 6.90. The molecule has 3 atom stereocenters. The zero-order valence-electron chi connectivity index (χ0n) is 13.9. The van der Waals surface area contributed by atoms with Crippen molar-refractivity contribution in [3.8, 4) is 0 Å². The normalized spacial score (nSPS) is 31.8. The van der Waals surface area contributed by atoms with Crippen LogP contribution in [0.25, 0.3) is 0 Å². The van der Waals surface area contributed by atoms with Crippen LogP contribution in [-0.4, -0.2) is 53.5 Å². The van der Waals surface area contributed by atoms with Gasteiger partial charge in [0.15, 0.2) is 5.82 Å². The highest BCUT2D eigenvalue weighted by atomic mass is 32.2. The molecule has 2 amide bonds. The van der Waals surface area contributed by atoms with E-state index in [0.29, 0.717) is 18.2 Å². The van der Waals surface area contributed by atoms with E-state index in [0.717, 1.165) is 12.8 Å². The number of nitrogens with one attached hydrogen (secondary N) is 2. The monoisotopic (exact) mass is 350 g/mol. The van der Waals surface area contributed by atoms with Gasteiger partial charge in [0.2, 0.25) is 11.8 Å². The number of nitrogens with zero attached hydrogens (tertiary/aromatic N) is 4. The molecule has 0 aromatic carbocycles. The van der Waals surface area contributed by atoms with Gasteiger partial charge >= 0.3 is 0 Å². The zero-order chi connectivity index (χ0) is 16.9. The standard InChI is InChI=1S/C15H22N6O2S/c1-15(2)11(12-17-19-20-18-12)21-13(23)10(14(21)24-15)16-9(22)7-8-5-3-4-6-8/h8,10-11,14H,3-7H2,1-2H3,(H,16,22)(H,17,18,19,20)/t10?,11?,14-/m0/s1. The van der Waals surface area contributed by atoms with Crippen molar-refractivity contribution in [1.29, 1.82) is 0 Å². The average molecular weight is 350 g/mol. The summed E-state index contributed by atoms with van der Waals surface area (Å²) in [6.07, 6.45) is 5.23. The predicted octanol–water partition coefficient (Wildman–Crippen LogP) is 1.000. The number of fused-ring (bicyclic) bond motifs is 1. The Morgan fingerprint density at radius 2 is 2.17 bits per heavy atom. The molecule has 2 unspecified atom stereocenters. The molecule has 1 aromatic heterocycles. The molecule has 0 radical (unpaired) electrons. The van der Waals surface area contributed by atoms with E-state index in [1.807, 2.05) is 0 Å². The van der Waals surface area contributed by atoms with Crippen LogP contribution in [0.3, 0.4) is 0 Å². The lowest BCUT2D eigenvalue weighted by atomic mass is 9.95. The van der Waals surface area contributed by atoms with Crippen molar-refractivity contribution in [2.75, 3.05) is 0 Å².